The Balaban J connectivity index is 2.54. The van der Waals surface area contributed by atoms with E-state index in [0.29, 0.717) is 23.6 Å². The molecule has 1 saturated heterocycles. The Kier molecular flexibility index (Phi) is 4.35. The van der Waals surface area contributed by atoms with Crippen LogP contribution in [0.25, 0.3) is 0 Å². The maximum absolute atomic E-state index is 12.0. The Morgan fingerprint density at radius 2 is 2.10 bits per heavy atom. The molecule has 2 atom stereocenters. The molecule has 1 N–H and O–H groups in total. The molecule has 21 heavy (non-hydrogen) atoms. The minimum absolute atomic E-state index is 0.00814. The van der Waals surface area contributed by atoms with E-state index in [-0.39, 0.29) is 12.3 Å². The number of aliphatic carboxylic acids is 1. The Labute approximate surface area is 123 Å². The summed E-state index contributed by atoms with van der Waals surface area (Å²) in [5.74, 6) is -0.752. The molecule has 6 nitrogen and oxygen atoms in total. The monoisotopic (exact) mass is 293 g/mol. The van der Waals surface area contributed by atoms with Gasteiger partial charge in [0, 0.05) is 18.5 Å². The van der Waals surface area contributed by atoms with Gasteiger partial charge in [-0.3, -0.25) is 9.59 Å². The lowest BCUT2D eigenvalue weighted by molar-refractivity contribution is -0.142. The van der Waals surface area contributed by atoms with Crippen LogP contribution in [-0.4, -0.2) is 42.6 Å². The van der Waals surface area contributed by atoms with Crippen molar-refractivity contribution in [1.82, 2.24) is 4.90 Å². The second-order valence-electron chi connectivity index (χ2n) is 4.88. The van der Waals surface area contributed by atoms with Crippen molar-refractivity contribution in [1.29, 1.82) is 0 Å². The predicted octanol–water partition coefficient (Wildman–Crippen LogP) is 1.70. The zero-order valence-corrected chi connectivity index (χ0v) is 12.3. The summed E-state index contributed by atoms with van der Waals surface area (Å²) >= 11 is 0. The highest BCUT2D eigenvalue weighted by Crippen LogP contribution is 2.43. The zero-order chi connectivity index (χ0) is 15.6. The van der Waals surface area contributed by atoms with Gasteiger partial charge in [0.2, 0.25) is 5.91 Å². The molecule has 114 valence electrons. The second-order valence-corrected chi connectivity index (χ2v) is 4.88. The molecule has 1 fully saturated rings. The Bertz CT molecular complexity index is 557. The highest BCUT2D eigenvalue weighted by atomic mass is 16.5. The lowest BCUT2D eigenvalue weighted by Gasteiger charge is -2.27. The standard InChI is InChI=1S/C15H19NO5/c1-4-16-13(17)8-11(15(18)19)14(16)10-7-9(20-2)5-6-12(10)21-3/h5-7,11,14H,4,8H2,1-3H3,(H,18,19). The molecule has 0 spiro atoms. The van der Waals surface area contributed by atoms with E-state index < -0.39 is 17.9 Å². The van der Waals surface area contributed by atoms with E-state index in [1.807, 2.05) is 6.92 Å². The van der Waals surface area contributed by atoms with Gasteiger partial charge in [-0.25, -0.2) is 0 Å². The molecule has 1 heterocycles. The van der Waals surface area contributed by atoms with E-state index >= 15 is 0 Å². The number of carbonyl (C=O) groups is 2. The molecule has 2 rings (SSSR count). The summed E-state index contributed by atoms with van der Waals surface area (Å²) in [6, 6.07) is 4.67. The molecule has 1 aliphatic rings. The number of carbonyl (C=O) groups excluding carboxylic acids is 1. The van der Waals surface area contributed by atoms with Crippen LogP contribution in [0.3, 0.4) is 0 Å². The minimum Gasteiger partial charge on any atom is -0.497 e. The highest BCUT2D eigenvalue weighted by molar-refractivity contribution is 5.87. The number of nitrogens with zero attached hydrogens (tertiary/aromatic N) is 1. The van der Waals surface area contributed by atoms with Gasteiger partial charge in [0.05, 0.1) is 26.2 Å². The summed E-state index contributed by atoms with van der Waals surface area (Å²) in [5.41, 5.74) is 0.664. The van der Waals surface area contributed by atoms with Gasteiger partial charge in [-0.1, -0.05) is 0 Å². The van der Waals surface area contributed by atoms with Crippen molar-refractivity contribution in [2.24, 2.45) is 5.92 Å². The van der Waals surface area contributed by atoms with Crippen molar-refractivity contribution in [3.63, 3.8) is 0 Å². The maximum Gasteiger partial charge on any atom is 0.309 e. The number of amides is 1. The summed E-state index contributed by atoms with van der Waals surface area (Å²) in [7, 11) is 3.06. The van der Waals surface area contributed by atoms with Gasteiger partial charge >= 0.3 is 5.97 Å². The van der Waals surface area contributed by atoms with Crippen molar-refractivity contribution in [2.75, 3.05) is 20.8 Å². The number of methoxy groups -OCH3 is 2. The lowest BCUT2D eigenvalue weighted by Crippen LogP contribution is -2.30. The zero-order valence-electron chi connectivity index (χ0n) is 12.3. The van der Waals surface area contributed by atoms with Gasteiger partial charge < -0.3 is 19.5 Å². The summed E-state index contributed by atoms with van der Waals surface area (Å²) < 4.78 is 10.5. The Hall–Kier alpha value is -2.24. The molecule has 0 aromatic heterocycles. The van der Waals surface area contributed by atoms with Gasteiger partial charge in [0.25, 0.3) is 0 Å². The van der Waals surface area contributed by atoms with Crippen molar-refractivity contribution in [2.45, 2.75) is 19.4 Å². The Morgan fingerprint density at radius 3 is 2.62 bits per heavy atom. The molecule has 0 bridgehead atoms. The van der Waals surface area contributed by atoms with Crippen LogP contribution in [0, 0.1) is 5.92 Å². The number of ether oxygens (including phenoxy) is 2. The quantitative estimate of drug-likeness (QED) is 0.894. The molecule has 0 radical (unpaired) electrons. The van der Waals surface area contributed by atoms with Gasteiger partial charge in [0.1, 0.15) is 11.5 Å². The SMILES string of the molecule is CCN1C(=O)CC(C(=O)O)C1c1cc(OC)ccc1OC. The largest absolute Gasteiger partial charge is 0.497 e. The first-order valence-corrected chi connectivity index (χ1v) is 6.77. The summed E-state index contributed by atoms with van der Waals surface area (Å²) in [5, 5.41) is 9.42. The number of rotatable bonds is 5. The molecule has 2 unspecified atom stereocenters. The fourth-order valence-corrected chi connectivity index (χ4v) is 2.84. The number of carboxylic acid groups (broad SMARTS) is 1. The van der Waals surface area contributed by atoms with Crippen LogP contribution in [0.5, 0.6) is 11.5 Å². The molecule has 0 saturated carbocycles. The highest BCUT2D eigenvalue weighted by Gasteiger charge is 2.45. The first kappa shape index (κ1) is 15.2. The maximum atomic E-state index is 12.0. The number of carboxylic acids is 1. The predicted molar refractivity (Wildman–Crippen MR) is 75.4 cm³/mol. The molecular weight excluding hydrogens is 274 g/mol. The van der Waals surface area contributed by atoms with Crippen molar-refractivity contribution in [3.05, 3.63) is 23.8 Å². The van der Waals surface area contributed by atoms with Gasteiger partial charge in [-0.05, 0) is 25.1 Å². The van der Waals surface area contributed by atoms with Gasteiger partial charge in [-0.2, -0.15) is 0 Å². The number of hydrogen-bond acceptors (Lipinski definition) is 4. The molecule has 1 aliphatic heterocycles. The average molecular weight is 293 g/mol. The van der Waals surface area contributed by atoms with E-state index in [1.54, 1.807) is 23.1 Å². The Morgan fingerprint density at radius 1 is 1.38 bits per heavy atom. The molecule has 1 aromatic carbocycles. The third kappa shape index (κ3) is 2.66. The molecular formula is C15H19NO5. The normalized spacial score (nSPS) is 21.5. The van der Waals surface area contributed by atoms with Crippen LogP contribution >= 0.6 is 0 Å². The fourth-order valence-electron chi connectivity index (χ4n) is 2.84. The average Bonchev–Trinajstić information content (AvgIpc) is 2.83. The summed E-state index contributed by atoms with van der Waals surface area (Å²) in [6.45, 7) is 2.29. The molecule has 1 amide bonds. The minimum atomic E-state index is -0.978. The molecule has 1 aromatic rings. The fraction of sp³-hybridized carbons (Fsp3) is 0.467. The smallest absolute Gasteiger partial charge is 0.309 e. The summed E-state index contributed by atoms with van der Waals surface area (Å²) in [6.07, 6.45) is 0.00814. The van der Waals surface area contributed by atoms with Crippen LogP contribution in [0.2, 0.25) is 0 Å². The van der Waals surface area contributed by atoms with E-state index in [9.17, 15) is 14.7 Å². The van der Waals surface area contributed by atoms with E-state index in [4.69, 9.17) is 9.47 Å². The van der Waals surface area contributed by atoms with Crippen LogP contribution in [-0.2, 0) is 9.59 Å². The van der Waals surface area contributed by atoms with Crippen molar-refractivity contribution < 1.29 is 24.2 Å². The molecule has 0 aliphatic carbocycles. The third-order valence-corrected chi connectivity index (χ3v) is 3.85. The lowest BCUT2D eigenvalue weighted by atomic mass is 9.93. The second kappa shape index (κ2) is 6.03. The topological polar surface area (TPSA) is 76.1 Å². The van der Waals surface area contributed by atoms with E-state index in [0.717, 1.165) is 0 Å². The number of likely N-dealkylation sites (tertiary alicyclic amines) is 1. The van der Waals surface area contributed by atoms with Gasteiger partial charge in [0.15, 0.2) is 0 Å². The summed E-state index contributed by atoms with van der Waals surface area (Å²) in [4.78, 5) is 25.1. The van der Waals surface area contributed by atoms with Gasteiger partial charge in [-0.15, -0.1) is 0 Å². The van der Waals surface area contributed by atoms with Crippen LogP contribution in [0.1, 0.15) is 24.9 Å². The van der Waals surface area contributed by atoms with Crippen LogP contribution in [0.4, 0.5) is 0 Å². The van der Waals surface area contributed by atoms with E-state index in [1.165, 1.54) is 14.2 Å². The third-order valence-electron chi connectivity index (χ3n) is 3.85. The number of benzene rings is 1. The van der Waals surface area contributed by atoms with Crippen molar-refractivity contribution in [3.8, 4) is 11.5 Å². The first-order chi connectivity index (χ1) is 10.0. The van der Waals surface area contributed by atoms with E-state index in [2.05, 4.69) is 0 Å². The first-order valence-electron chi connectivity index (χ1n) is 6.77. The van der Waals surface area contributed by atoms with Crippen LogP contribution in [0.15, 0.2) is 18.2 Å². The molecule has 6 heteroatoms. The number of hydrogen-bond donors (Lipinski definition) is 1. The van der Waals surface area contributed by atoms with Crippen molar-refractivity contribution >= 4 is 11.9 Å². The van der Waals surface area contributed by atoms with Crippen LogP contribution < -0.4 is 9.47 Å².